The number of hydrogen-bond donors (Lipinski definition) is 3. The van der Waals surface area contributed by atoms with Crippen molar-refractivity contribution < 1.29 is 24.3 Å². The molecule has 2 amide bonds. The molecule has 4 N–H and O–H groups in total. The molecule has 0 aromatic rings. The van der Waals surface area contributed by atoms with Crippen molar-refractivity contribution in [1.29, 1.82) is 0 Å². The zero-order valence-electron chi connectivity index (χ0n) is 8.15. The summed E-state index contributed by atoms with van der Waals surface area (Å²) in [4.78, 5) is 42.4. The number of Topliss-reactive ketones (excluding diaryl/α,β-unsaturated/α-hetero) is 1. The summed E-state index contributed by atoms with van der Waals surface area (Å²) in [6.45, 7) is 1.02. The monoisotopic (exact) mass is 216 g/mol. The minimum absolute atomic E-state index is 0.135. The molecule has 0 spiro atoms. The van der Waals surface area contributed by atoms with Crippen LogP contribution in [0.4, 0.5) is 0 Å². The van der Waals surface area contributed by atoms with Crippen LogP contribution in [-0.2, 0) is 19.2 Å². The highest BCUT2D eigenvalue weighted by atomic mass is 16.4. The Labute approximate surface area is 85.6 Å². The molecule has 84 valence electrons. The molecule has 0 aromatic heterocycles. The Morgan fingerprint density at radius 3 is 2.20 bits per heavy atom. The number of rotatable bonds is 6. The van der Waals surface area contributed by atoms with Gasteiger partial charge in [-0.25, -0.2) is 4.79 Å². The van der Waals surface area contributed by atoms with Crippen LogP contribution in [0.1, 0.15) is 19.8 Å². The van der Waals surface area contributed by atoms with E-state index in [1.54, 1.807) is 0 Å². The highest BCUT2D eigenvalue weighted by Gasteiger charge is 2.21. The zero-order valence-corrected chi connectivity index (χ0v) is 8.15. The molecule has 0 fully saturated rings. The Balaban J connectivity index is 4.28. The van der Waals surface area contributed by atoms with Gasteiger partial charge >= 0.3 is 5.97 Å². The van der Waals surface area contributed by atoms with Crippen molar-refractivity contribution in [2.75, 3.05) is 0 Å². The van der Waals surface area contributed by atoms with Crippen LogP contribution < -0.4 is 11.1 Å². The lowest BCUT2D eigenvalue weighted by Gasteiger charge is -2.11. The van der Waals surface area contributed by atoms with Gasteiger partial charge in [0.2, 0.25) is 11.7 Å². The van der Waals surface area contributed by atoms with E-state index >= 15 is 0 Å². The van der Waals surface area contributed by atoms with E-state index in [2.05, 4.69) is 0 Å². The van der Waals surface area contributed by atoms with Crippen molar-refractivity contribution in [3.63, 3.8) is 0 Å². The molecule has 7 nitrogen and oxygen atoms in total. The molecule has 0 aliphatic rings. The van der Waals surface area contributed by atoms with Crippen LogP contribution in [-0.4, -0.2) is 34.7 Å². The number of carboxylic acid groups (broad SMARTS) is 1. The number of nitrogens with one attached hydrogen (secondary N) is 1. The van der Waals surface area contributed by atoms with Crippen LogP contribution in [0.2, 0.25) is 0 Å². The predicted octanol–water partition coefficient (Wildman–Crippen LogP) is -1.59. The first-order valence-corrected chi connectivity index (χ1v) is 4.17. The highest BCUT2D eigenvalue weighted by molar-refractivity contribution is 6.35. The van der Waals surface area contributed by atoms with Crippen LogP contribution in [0, 0.1) is 0 Å². The summed E-state index contributed by atoms with van der Waals surface area (Å²) in [6.07, 6.45) is -0.307. The molecule has 0 saturated heterocycles. The fourth-order valence-electron chi connectivity index (χ4n) is 0.804. The number of aliphatic carboxylic acids is 1. The number of hydrogen-bond acceptors (Lipinski definition) is 4. The number of carbonyl (C=O) groups is 4. The zero-order chi connectivity index (χ0) is 12.0. The second-order valence-corrected chi connectivity index (χ2v) is 2.93. The maximum absolute atomic E-state index is 10.9. The van der Waals surface area contributed by atoms with Crippen molar-refractivity contribution in [1.82, 2.24) is 5.32 Å². The lowest BCUT2D eigenvalue weighted by atomic mass is 10.1. The number of ketones is 1. The molecule has 0 aliphatic carbocycles. The lowest BCUT2D eigenvalue weighted by molar-refractivity contribution is -0.144. The second-order valence-electron chi connectivity index (χ2n) is 2.93. The van der Waals surface area contributed by atoms with E-state index in [1.165, 1.54) is 0 Å². The Morgan fingerprint density at radius 2 is 1.87 bits per heavy atom. The van der Waals surface area contributed by atoms with Crippen LogP contribution in [0.15, 0.2) is 0 Å². The molecule has 0 saturated carbocycles. The molecule has 1 atom stereocenters. The maximum atomic E-state index is 10.9. The summed E-state index contributed by atoms with van der Waals surface area (Å²) in [5.41, 5.74) is 4.82. The highest BCUT2D eigenvalue weighted by Crippen LogP contribution is 1.97. The Bertz CT molecular complexity index is 299. The molecular weight excluding hydrogens is 204 g/mol. The Morgan fingerprint density at radius 1 is 1.33 bits per heavy atom. The molecule has 0 rings (SSSR count). The van der Waals surface area contributed by atoms with Gasteiger partial charge in [-0.1, -0.05) is 0 Å². The van der Waals surface area contributed by atoms with E-state index in [4.69, 9.17) is 10.8 Å². The van der Waals surface area contributed by atoms with Crippen LogP contribution in [0.5, 0.6) is 0 Å². The number of nitrogens with two attached hydrogens (primary N) is 1. The van der Waals surface area contributed by atoms with Gasteiger partial charge in [-0.15, -0.1) is 0 Å². The number of carboxylic acids is 1. The van der Waals surface area contributed by atoms with Crippen molar-refractivity contribution in [3.05, 3.63) is 0 Å². The summed E-state index contributed by atoms with van der Waals surface area (Å²) < 4.78 is 0. The first-order valence-electron chi connectivity index (χ1n) is 4.17. The number of carbonyl (C=O) groups excluding carboxylic acids is 3. The smallest absolute Gasteiger partial charge is 0.326 e. The standard InChI is InChI=1S/C8H12N2O5/c1-4(11)7(13)10-5(8(14)15)2-3-6(9)12/h5H,2-3H2,1H3,(H2,9,12)(H,10,13)(H,14,15)/t5-/m0/s1. The van der Waals surface area contributed by atoms with Gasteiger partial charge in [0.25, 0.3) is 5.91 Å². The number of amides is 2. The first-order chi connectivity index (χ1) is 6.84. The fourth-order valence-corrected chi connectivity index (χ4v) is 0.804. The molecule has 0 unspecified atom stereocenters. The average Bonchev–Trinajstić information content (AvgIpc) is 2.10. The van der Waals surface area contributed by atoms with Gasteiger partial charge in [0.1, 0.15) is 6.04 Å². The molecular formula is C8H12N2O5. The summed E-state index contributed by atoms with van der Waals surface area (Å²) in [5, 5.41) is 10.6. The van der Waals surface area contributed by atoms with Crippen molar-refractivity contribution >= 4 is 23.6 Å². The molecule has 0 radical (unpaired) electrons. The van der Waals surface area contributed by atoms with Crippen molar-refractivity contribution in [3.8, 4) is 0 Å². The SMILES string of the molecule is CC(=O)C(=O)N[C@@H](CCC(N)=O)C(=O)O. The predicted molar refractivity (Wildman–Crippen MR) is 48.7 cm³/mol. The van der Waals surface area contributed by atoms with Gasteiger partial charge in [0.15, 0.2) is 0 Å². The average molecular weight is 216 g/mol. The third kappa shape index (κ3) is 5.40. The van der Waals surface area contributed by atoms with Gasteiger partial charge < -0.3 is 16.2 Å². The van der Waals surface area contributed by atoms with E-state index in [0.717, 1.165) is 6.92 Å². The van der Waals surface area contributed by atoms with Crippen molar-refractivity contribution in [2.45, 2.75) is 25.8 Å². The summed E-state index contributed by atoms with van der Waals surface area (Å²) in [7, 11) is 0. The Hall–Kier alpha value is -1.92. The first kappa shape index (κ1) is 13.1. The van der Waals surface area contributed by atoms with Crippen LogP contribution >= 0.6 is 0 Å². The molecule has 0 aromatic carbocycles. The molecule has 0 aliphatic heterocycles. The van der Waals surface area contributed by atoms with Crippen LogP contribution in [0.3, 0.4) is 0 Å². The minimum atomic E-state index is -1.31. The van der Waals surface area contributed by atoms with E-state index in [-0.39, 0.29) is 12.8 Å². The summed E-state index contributed by atoms with van der Waals surface area (Å²) >= 11 is 0. The quantitative estimate of drug-likeness (QED) is 0.461. The normalized spacial score (nSPS) is 11.5. The second kappa shape index (κ2) is 5.74. The van der Waals surface area contributed by atoms with Gasteiger partial charge in [0, 0.05) is 13.3 Å². The molecule has 0 bridgehead atoms. The fraction of sp³-hybridized carbons (Fsp3) is 0.500. The largest absolute Gasteiger partial charge is 0.480 e. The summed E-state index contributed by atoms with van der Waals surface area (Å²) in [5.74, 6) is -3.77. The third-order valence-electron chi connectivity index (χ3n) is 1.60. The van der Waals surface area contributed by atoms with Gasteiger partial charge in [-0.05, 0) is 6.42 Å². The molecule has 15 heavy (non-hydrogen) atoms. The maximum Gasteiger partial charge on any atom is 0.326 e. The molecule has 7 heteroatoms. The van der Waals surface area contributed by atoms with E-state index in [1.807, 2.05) is 5.32 Å². The van der Waals surface area contributed by atoms with E-state index in [0.29, 0.717) is 0 Å². The van der Waals surface area contributed by atoms with Crippen LogP contribution in [0.25, 0.3) is 0 Å². The lowest BCUT2D eigenvalue weighted by Crippen LogP contribution is -2.43. The third-order valence-corrected chi connectivity index (χ3v) is 1.60. The van der Waals surface area contributed by atoms with E-state index < -0.39 is 29.6 Å². The number of primary amides is 1. The van der Waals surface area contributed by atoms with E-state index in [9.17, 15) is 19.2 Å². The van der Waals surface area contributed by atoms with Gasteiger partial charge in [-0.3, -0.25) is 14.4 Å². The minimum Gasteiger partial charge on any atom is -0.480 e. The Kier molecular flexibility index (Phi) is 5.00. The summed E-state index contributed by atoms with van der Waals surface area (Å²) in [6, 6.07) is -1.27. The van der Waals surface area contributed by atoms with Gasteiger partial charge in [0.05, 0.1) is 0 Å². The topological polar surface area (TPSA) is 127 Å². The van der Waals surface area contributed by atoms with Crippen molar-refractivity contribution in [2.24, 2.45) is 5.73 Å². The van der Waals surface area contributed by atoms with Gasteiger partial charge in [-0.2, -0.15) is 0 Å². The molecule has 0 heterocycles.